The molecule has 14 nitrogen and oxygen atoms in total. The van der Waals surface area contributed by atoms with Crippen LogP contribution in [0.5, 0.6) is 5.75 Å². The first-order chi connectivity index (χ1) is 19.6. The first kappa shape index (κ1) is 31.5. The van der Waals surface area contributed by atoms with Gasteiger partial charge in [-0.2, -0.15) is 5.11 Å². The number of anilines is 1. The van der Waals surface area contributed by atoms with Gasteiger partial charge in [0, 0.05) is 38.0 Å². The molecule has 218 valence electrons. The zero-order valence-corrected chi connectivity index (χ0v) is 23.9. The van der Waals surface area contributed by atoms with Gasteiger partial charge in [-0.3, -0.25) is 19.2 Å². The summed E-state index contributed by atoms with van der Waals surface area (Å²) in [5.41, 5.74) is 3.64. The number of azo groups is 2. The van der Waals surface area contributed by atoms with E-state index in [1.165, 1.54) is 13.2 Å². The SMILES string of the molecule is COc1cc(N=Nc2ccc(C)cc2[N+](=O)[O-])c(C)cc1N=Nc1ccc(N(CCO)CCOP(=O)(O)OC)cc1. The van der Waals surface area contributed by atoms with Crippen molar-refractivity contribution in [2.24, 2.45) is 20.5 Å². The maximum absolute atomic E-state index is 11.5. The largest absolute Gasteiger partial charge is 0.494 e. The van der Waals surface area contributed by atoms with Crippen LogP contribution in [0.25, 0.3) is 0 Å². The van der Waals surface area contributed by atoms with E-state index in [0.29, 0.717) is 28.4 Å². The molecule has 1 unspecified atom stereocenters. The lowest BCUT2D eigenvalue weighted by Gasteiger charge is -2.24. The number of aryl methyl sites for hydroxylation is 2. The highest BCUT2D eigenvalue weighted by molar-refractivity contribution is 7.47. The maximum Gasteiger partial charge on any atom is 0.471 e. The van der Waals surface area contributed by atoms with Gasteiger partial charge in [-0.1, -0.05) is 6.07 Å². The highest BCUT2D eigenvalue weighted by atomic mass is 31.2. The number of ether oxygens (including phenoxy) is 1. The fourth-order valence-corrected chi connectivity index (χ4v) is 4.05. The van der Waals surface area contributed by atoms with Crippen LogP contribution < -0.4 is 9.64 Å². The summed E-state index contributed by atoms with van der Waals surface area (Å²) in [5, 5.41) is 37.6. The first-order valence-electron chi connectivity index (χ1n) is 12.3. The van der Waals surface area contributed by atoms with E-state index in [9.17, 15) is 24.7 Å². The smallest absolute Gasteiger partial charge is 0.471 e. The predicted octanol–water partition coefficient (Wildman–Crippen LogP) is 6.61. The number of phosphoric acid groups is 1. The Morgan fingerprint density at radius 3 is 2.24 bits per heavy atom. The summed E-state index contributed by atoms with van der Waals surface area (Å²) in [7, 11) is -1.53. The number of aliphatic hydroxyl groups excluding tert-OH is 1. The van der Waals surface area contributed by atoms with Crippen LogP contribution in [-0.4, -0.2) is 55.4 Å². The van der Waals surface area contributed by atoms with E-state index in [1.807, 2.05) is 0 Å². The summed E-state index contributed by atoms with van der Waals surface area (Å²) in [6.45, 7) is 3.87. The lowest BCUT2D eigenvalue weighted by molar-refractivity contribution is -0.384. The van der Waals surface area contributed by atoms with Gasteiger partial charge in [-0.15, -0.1) is 15.3 Å². The van der Waals surface area contributed by atoms with E-state index < -0.39 is 12.7 Å². The Bertz CT molecular complexity index is 1470. The molecular formula is C26H31N6O8P. The van der Waals surface area contributed by atoms with Crippen LogP contribution in [0.4, 0.5) is 34.1 Å². The van der Waals surface area contributed by atoms with Gasteiger partial charge in [0.1, 0.15) is 11.4 Å². The lowest BCUT2D eigenvalue weighted by Crippen LogP contribution is -2.30. The molecule has 0 bridgehead atoms. The molecule has 1 atom stereocenters. The molecule has 0 saturated heterocycles. The van der Waals surface area contributed by atoms with Crippen molar-refractivity contribution in [3.8, 4) is 5.75 Å². The minimum Gasteiger partial charge on any atom is -0.494 e. The van der Waals surface area contributed by atoms with Gasteiger partial charge in [0.05, 0.1) is 36.6 Å². The number of hydrogen-bond acceptors (Lipinski definition) is 12. The van der Waals surface area contributed by atoms with Crippen molar-refractivity contribution in [2.45, 2.75) is 13.8 Å². The van der Waals surface area contributed by atoms with Crippen LogP contribution in [0.2, 0.25) is 0 Å². The van der Waals surface area contributed by atoms with Crippen LogP contribution in [0.15, 0.2) is 75.1 Å². The highest BCUT2D eigenvalue weighted by Crippen LogP contribution is 2.42. The summed E-state index contributed by atoms with van der Waals surface area (Å²) in [6.07, 6.45) is 0. The third-order valence-electron chi connectivity index (χ3n) is 5.79. The van der Waals surface area contributed by atoms with Crippen molar-refractivity contribution in [1.82, 2.24) is 0 Å². The number of nitrogens with zero attached hydrogens (tertiary/aromatic N) is 6. The molecule has 2 N–H and O–H groups in total. The molecule has 0 aliphatic rings. The van der Waals surface area contributed by atoms with E-state index in [0.717, 1.165) is 18.4 Å². The van der Waals surface area contributed by atoms with E-state index in [1.54, 1.807) is 67.3 Å². The van der Waals surface area contributed by atoms with Gasteiger partial charge in [0.15, 0.2) is 5.69 Å². The highest BCUT2D eigenvalue weighted by Gasteiger charge is 2.19. The van der Waals surface area contributed by atoms with Gasteiger partial charge in [-0.25, -0.2) is 4.57 Å². The Morgan fingerprint density at radius 1 is 0.927 bits per heavy atom. The molecule has 0 aliphatic heterocycles. The fraction of sp³-hybridized carbons (Fsp3) is 0.308. The summed E-state index contributed by atoms with van der Waals surface area (Å²) in [4.78, 5) is 22.0. The monoisotopic (exact) mass is 586 g/mol. The first-order valence-corrected chi connectivity index (χ1v) is 13.8. The minimum absolute atomic E-state index is 0.0836. The second-order valence-corrected chi connectivity index (χ2v) is 10.2. The van der Waals surface area contributed by atoms with Gasteiger partial charge < -0.3 is 19.6 Å². The minimum atomic E-state index is -4.09. The van der Waals surface area contributed by atoms with Crippen molar-refractivity contribution >= 4 is 41.9 Å². The van der Waals surface area contributed by atoms with Crippen LogP contribution >= 0.6 is 7.82 Å². The number of benzene rings is 3. The zero-order chi connectivity index (χ0) is 30.0. The number of aliphatic hydroxyl groups is 1. The van der Waals surface area contributed by atoms with Crippen molar-refractivity contribution in [3.05, 3.63) is 75.8 Å². The van der Waals surface area contributed by atoms with Gasteiger partial charge >= 0.3 is 7.82 Å². The standard InChI is InChI=1S/C26H31N6O8P/c1-18-5-10-22(25(15-18)32(34)35)28-29-23-17-26(38-3)24(16-19(23)2)30-27-20-6-8-21(9-7-20)31(11-13-33)12-14-40-41(36,37)39-4/h5-10,15-17,33H,11-14H2,1-4H3,(H,36,37). The third kappa shape index (κ3) is 8.96. The van der Waals surface area contributed by atoms with Crippen molar-refractivity contribution in [1.29, 1.82) is 0 Å². The van der Waals surface area contributed by atoms with E-state index >= 15 is 0 Å². The van der Waals surface area contributed by atoms with Crippen LogP contribution in [0.1, 0.15) is 11.1 Å². The number of rotatable bonds is 14. The average Bonchev–Trinajstić information content (AvgIpc) is 2.95. The molecule has 0 fully saturated rings. The zero-order valence-electron chi connectivity index (χ0n) is 23.0. The summed E-state index contributed by atoms with van der Waals surface area (Å²) in [5.74, 6) is 0.384. The molecular weight excluding hydrogens is 555 g/mol. The predicted molar refractivity (Wildman–Crippen MR) is 152 cm³/mol. The summed E-state index contributed by atoms with van der Waals surface area (Å²) in [6, 6.07) is 15.1. The topological polar surface area (TPSA) is 181 Å². The molecule has 41 heavy (non-hydrogen) atoms. The summed E-state index contributed by atoms with van der Waals surface area (Å²) < 4.78 is 26.2. The lowest BCUT2D eigenvalue weighted by atomic mass is 10.1. The Morgan fingerprint density at radius 2 is 1.61 bits per heavy atom. The van der Waals surface area contributed by atoms with Crippen molar-refractivity contribution in [3.63, 3.8) is 0 Å². The van der Waals surface area contributed by atoms with E-state index in [4.69, 9.17) is 9.26 Å². The molecule has 0 radical (unpaired) electrons. The Labute approximate surface area is 236 Å². The van der Waals surface area contributed by atoms with Gasteiger partial charge in [0.2, 0.25) is 0 Å². The molecule has 0 heterocycles. The number of methoxy groups -OCH3 is 1. The van der Waals surface area contributed by atoms with Gasteiger partial charge in [0.25, 0.3) is 5.69 Å². The molecule has 0 amide bonds. The molecule has 3 aromatic rings. The number of nitro groups is 1. The molecule has 0 aromatic heterocycles. The Balaban J connectivity index is 1.76. The van der Waals surface area contributed by atoms with Crippen LogP contribution in [-0.2, 0) is 13.6 Å². The van der Waals surface area contributed by atoms with Crippen molar-refractivity contribution in [2.75, 3.05) is 45.4 Å². The molecule has 3 aromatic carbocycles. The Kier molecular flexibility index (Phi) is 11.1. The van der Waals surface area contributed by atoms with Crippen molar-refractivity contribution < 1.29 is 33.3 Å². The average molecular weight is 587 g/mol. The molecule has 3 rings (SSSR count). The van der Waals surface area contributed by atoms with Crippen LogP contribution in [0.3, 0.4) is 0 Å². The Hall–Kier alpha value is -4.07. The quantitative estimate of drug-likeness (QED) is 0.0908. The molecule has 0 saturated carbocycles. The fourth-order valence-electron chi connectivity index (χ4n) is 3.63. The molecule has 0 aliphatic carbocycles. The molecule has 0 spiro atoms. The number of nitro benzene ring substituents is 1. The second kappa shape index (κ2) is 14.5. The molecule has 15 heteroatoms. The van der Waals surface area contributed by atoms with E-state index in [-0.39, 0.29) is 37.7 Å². The second-order valence-electron chi connectivity index (χ2n) is 8.67. The maximum atomic E-state index is 11.5. The number of hydrogen-bond donors (Lipinski definition) is 2. The van der Waals surface area contributed by atoms with Gasteiger partial charge in [-0.05, 0) is 61.4 Å². The summed E-state index contributed by atoms with van der Waals surface area (Å²) >= 11 is 0. The number of phosphoric ester groups is 1. The normalized spacial score (nSPS) is 13.0. The third-order valence-corrected chi connectivity index (χ3v) is 6.77. The van der Waals surface area contributed by atoms with Crippen LogP contribution in [0, 0.1) is 24.0 Å². The van der Waals surface area contributed by atoms with E-state index in [2.05, 4.69) is 25.0 Å².